The van der Waals surface area contributed by atoms with Gasteiger partial charge in [0.2, 0.25) is 0 Å². The van der Waals surface area contributed by atoms with Gasteiger partial charge in [0.1, 0.15) is 6.04 Å². The van der Waals surface area contributed by atoms with Crippen molar-refractivity contribution < 1.29 is 22.7 Å². The lowest BCUT2D eigenvalue weighted by Crippen LogP contribution is -2.45. The van der Waals surface area contributed by atoms with Crippen LogP contribution in [0.25, 0.3) is 0 Å². The normalized spacial score (nSPS) is 12.3. The first-order chi connectivity index (χ1) is 13.2. The number of nitrogens with zero attached hydrogens (tertiary/aromatic N) is 1. The van der Waals surface area contributed by atoms with Crippen LogP contribution in [0.2, 0.25) is 0 Å². The Bertz CT molecular complexity index is 925. The van der Waals surface area contributed by atoms with E-state index in [1.54, 1.807) is 44.2 Å². The average Bonchev–Trinajstić information content (AvgIpc) is 2.71. The van der Waals surface area contributed by atoms with Gasteiger partial charge in [0, 0.05) is 12.6 Å². The number of amides is 1. The maximum Gasteiger partial charge on any atom is 0.328 e. The minimum Gasteiger partial charge on any atom is -0.467 e. The van der Waals surface area contributed by atoms with Crippen molar-refractivity contribution in [1.29, 1.82) is 0 Å². The number of sulfonamides is 1. The van der Waals surface area contributed by atoms with Crippen LogP contribution in [0.3, 0.4) is 0 Å². The minimum absolute atomic E-state index is 0.0591. The molecular weight excluding hydrogens is 380 g/mol. The quantitative estimate of drug-likeness (QED) is 0.716. The monoisotopic (exact) mass is 404 g/mol. The summed E-state index contributed by atoms with van der Waals surface area (Å²) in [6.07, 6.45) is 0. The Kier molecular flexibility index (Phi) is 6.80. The van der Waals surface area contributed by atoms with Crippen molar-refractivity contribution in [3.63, 3.8) is 0 Å². The van der Waals surface area contributed by atoms with Gasteiger partial charge in [0.25, 0.3) is 15.9 Å². The number of hydrogen-bond acceptors (Lipinski definition) is 5. The SMILES string of the molecule is COC(=O)C(NC(=O)c1ccc(S(=O)(=O)N(C)c2ccccc2)cc1)C(C)C. The molecule has 28 heavy (non-hydrogen) atoms. The van der Waals surface area contributed by atoms with E-state index in [4.69, 9.17) is 4.74 Å². The van der Waals surface area contributed by atoms with Gasteiger partial charge in [-0.15, -0.1) is 0 Å². The summed E-state index contributed by atoms with van der Waals surface area (Å²) in [7, 11) is -1.04. The summed E-state index contributed by atoms with van der Waals surface area (Å²) in [6.45, 7) is 3.58. The topological polar surface area (TPSA) is 92.8 Å². The Morgan fingerprint density at radius 1 is 1.00 bits per heavy atom. The molecule has 1 atom stereocenters. The van der Waals surface area contributed by atoms with Crippen LogP contribution >= 0.6 is 0 Å². The van der Waals surface area contributed by atoms with Gasteiger partial charge in [-0.25, -0.2) is 13.2 Å². The van der Waals surface area contributed by atoms with Crippen molar-refractivity contribution in [2.45, 2.75) is 24.8 Å². The average molecular weight is 404 g/mol. The Morgan fingerprint density at radius 3 is 2.07 bits per heavy atom. The Hall–Kier alpha value is -2.87. The number of esters is 1. The first-order valence-electron chi connectivity index (χ1n) is 8.71. The molecule has 0 heterocycles. The zero-order valence-corrected chi connectivity index (χ0v) is 17.1. The van der Waals surface area contributed by atoms with E-state index in [0.29, 0.717) is 5.69 Å². The molecule has 8 heteroatoms. The Morgan fingerprint density at radius 2 is 1.57 bits per heavy atom. The molecule has 0 bridgehead atoms. The highest BCUT2D eigenvalue weighted by Gasteiger charge is 2.26. The van der Waals surface area contributed by atoms with Crippen LogP contribution in [0, 0.1) is 5.92 Å². The summed E-state index contributed by atoms with van der Waals surface area (Å²) < 4.78 is 31.4. The van der Waals surface area contributed by atoms with E-state index in [9.17, 15) is 18.0 Å². The zero-order valence-electron chi connectivity index (χ0n) is 16.2. The van der Waals surface area contributed by atoms with Crippen LogP contribution in [0.4, 0.5) is 5.69 Å². The van der Waals surface area contributed by atoms with Crippen LogP contribution < -0.4 is 9.62 Å². The number of hydrogen-bond donors (Lipinski definition) is 1. The third-order valence-corrected chi connectivity index (χ3v) is 6.10. The highest BCUT2D eigenvalue weighted by molar-refractivity contribution is 7.92. The number of carbonyl (C=O) groups excluding carboxylic acids is 2. The second-order valence-electron chi connectivity index (χ2n) is 6.55. The third kappa shape index (κ3) is 4.69. The van der Waals surface area contributed by atoms with Gasteiger partial charge < -0.3 is 10.1 Å². The Labute approximate surface area is 165 Å². The largest absolute Gasteiger partial charge is 0.467 e. The smallest absolute Gasteiger partial charge is 0.328 e. The lowest BCUT2D eigenvalue weighted by atomic mass is 10.0. The third-order valence-electron chi connectivity index (χ3n) is 4.30. The number of nitrogens with one attached hydrogen (secondary N) is 1. The van der Waals surface area contributed by atoms with E-state index < -0.39 is 27.9 Å². The van der Waals surface area contributed by atoms with Crippen molar-refractivity contribution in [1.82, 2.24) is 5.32 Å². The van der Waals surface area contributed by atoms with Gasteiger partial charge in [-0.1, -0.05) is 32.0 Å². The van der Waals surface area contributed by atoms with E-state index >= 15 is 0 Å². The zero-order chi connectivity index (χ0) is 20.9. The second-order valence-corrected chi connectivity index (χ2v) is 8.52. The number of anilines is 1. The predicted molar refractivity (Wildman–Crippen MR) is 107 cm³/mol. The molecule has 0 spiro atoms. The fourth-order valence-corrected chi connectivity index (χ4v) is 3.76. The molecule has 0 aliphatic heterocycles. The molecule has 0 saturated carbocycles. The van der Waals surface area contributed by atoms with Crippen LogP contribution in [-0.4, -0.2) is 40.5 Å². The summed E-state index contributed by atoms with van der Waals surface area (Å²) >= 11 is 0. The molecule has 1 unspecified atom stereocenters. The number of carbonyl (C=O) groups is 2. The number of rotatable bonds is 7. The van der Waals surface area contributed by atoms with E-state index in [2.05, 4.69) is 5.32 Å². The van der Waals surface area contributed by atoms with Crippen LogP contribution in [0.1, 0.15) is 24.2 Å². The van der Waals surface area contributed by atoms with Crippen LogP contribution in [-0.2, 0) is 19.6 Å². The van der Waals surface area contributed by atoms with Gasteiger partial charge in [-0.2, -0.15) is 0 Å². The van der Waals surface area contributed by atoms with Crippen LogP contribution in [0.15, 0.2) is 59.5 Å². The maximum atomic E-state index is 12.8. The molecule has 7 nitrogen and oxygen atoms in total. The lowest BCUT2D eigenvalue weighted by molar-refractivity contribution is -0.144. The van der Waals surface area contributed by atoms with E-state index in [0.717, 1.165) is 0 Å². The molecule has 2 rings (SSSR count). The van der Waals surface area contributed by atoms with E-state index in [1.165, 1.54) is 42.7 Å². The summed E-state index contributed by atoms with van der Waals surface area (Å²) in [5.41, 5.74) is 0.776. The van der Waals surface area contributed by atoms with Crippen molar-refractivity contribution >= 4 is 27.6 Å². The van der Waals surface area contributed by atoms with Gasteiger partial charge >= 0.3 is 5.97 Å². The number of benzene rings is 2. The summed E-state index contributed by atoms with van der Waals surface area (Å²) in [4.78, 5) is 24.3. The molecule has 0 aliphatic rings. The first kappa shape index (κ1) is 21.4. The molecule has 150 valence electrons. The molecule has 2 aromatic carbocycles. The molecule has 1 amide bonds. The molecule has 0 radical (unpaired) electrons. The second kappa shape index (κ2) is 8.88. The van der Waals surface area contributed by atoms with Gasteiger partial charge in [0.15, 0.2) is 0 Å². The molecule has 0 fully saturated rings. The first-order valence-corrected chi connectivity index (χ1v) is 10.1. The van der Waals surface area contributed by atoms with Crippen molar-refractivity contribution in [2.75, 3.05) is 18.5 Å². The molecule has 0 aliphatic carbocycles. The maximum absolute atomic E-state index is 12.8. The van der Waals surface area contributed by atoms with Gasteiger partial charge in [0.05, 0.1) is 17.7 Å². The molecule has 1 N–H and O–H groups in total. The molecule has 0 aromatic heterocycles. The summed E-state index contributed by atoms with van der Waals surface area (Å²) in [5, 5.41) is 2.62. The summed E-state index contributed by atoms with van der Waals surface area (Å²) in [6, 6.07) is 13.5. The summed E-state index contributed by atoms with van der Waals surface area (Å²) in [5.74, 6) is -1.17. The van der Waals surface area contributed by atoms with Crippen molar-refractivity contribution in [3.8, 4) is 0 Å². The van der Waals surface area contributed by atoms with E-state index in [-0.39, 0.29) is 16.4 Å². The van der Waals surface area contributed by atoms with Gasteiger partial charge in [-0.05, 0) is 42.3 Å². The fourth-order valence-electron chi connectivity index (χ4n) is 2.56. The lowest BCUT2D eigenvalue weighted by Gasteiger charge is -2.20. The number of para-hydroxylation sites is 1. The minimum atomic E-state index is -3.76. The van der Waals surface area contributed by atoms with Gasteiger partial charge in [-0.3, -0.25) is 9.10 Å². The van der Waals surface area contributed by atoms with Crippen molar-refractivity contribution in [2.24, 2.45) is 5.92 Å². The number of ether oxygens (including phenoxy) is 1. The van der Waals surface area contributed by atoms with Crippen LogP contribution in [0.5, 0.6) is 0 Å². The molecular formula is C20H24N2O5S. The molecule has 0 saturated heterocycles. The van der Waals surface area contributed by atoms with Crippen molar-refractivity contribution in [3.05, 3.63) is 60.2 Å². The highest BCUT2D eigenvalue weighted by atomic mass is 32.2. The predicted octanol–water partition coefficient (Wildman–Crippen LogP) is 2.44. The highest BCUT2D eigenvalue weighted by Crippen LogP contribution is 2.22. The van der Waals surface area contributed by atoms with E-state index in [1.807, 2.05) is 0 Å². The molecule has 2 aromatic rings. The fraction of sp³-hybridized carbons (Fsp3) is 0.300. The Balaban J connectivity index is 2.20. The number of methoxy groups -OCH3 is 1. The standard InChI is InChI=1S/C20H24N2O5S/c1-14(2)18(20(24)27-4)21-19(23)15-10-12-17(13-11-15)28(25,26)22(3)16-8-6-5-7-9-16/h5-14,18H,1-4H3,(H,21,23).